The van der Waals surface area contributed by atoms with Gasteiger partial charge in [-0.05, 0) is 43.7 Å². The maximum Gasteiger partial charge on any atom is 0.282 e. The number of aromatic amines is 1. The van der Waals surface area contributed by atoms with E-state index >= 15 is 0 Å². The van der Waals surface area contributed by atoms with Crippen LogP contribution in [0.4, 0.5) is 5.82 Å². The first-order chi connectivity index (χ1) is 18.5. The van der Waals surface area contributed by atoms with Gasteiger partial charge in [-0.25, -0.2) is 14.5 Å². The number of hydrogen-bond acceptors (Lipinski definition) is 7. The molecule has 0 bridgehead atoms. The van der Waals surface area contributed by atoms with Crippen molar-refractivity contribution in [1.29, 1.82) is 0 Å². The van der Waals surface area contributed by atoms with Crippen LogP contribution in [0.2, 0.25) is 0 Å². The summed E-state index contributed by atoms with van der Waals surface area (Å²) in [7, 11) is 1.51. The fourth-order valence-corrected chi connectivity index (χ4v) is 4.80. The van der Waals surface area contributed by atoms with Gasteiger partial charge in [0.2, 0.25) is 0 Å². The Hall–Kier alpha value is -5.12. The number of phenols is 1. The highest BCUT2D eigenvalue weighted by atomic mass is 16.5. The Kier molecular flexibility index (Phi) is 5.56. The number of para-hydroxylation sites is 2. The van der Waals surface area contributed by atoms with E-state index in [0.717, 1.165) is 5.56 Å². The van der Waals surface area contributed by atoms with Gasteiger partial charge in [-0.2, -0.15) is 5.10 Å². The Morgan fingerprint density at radius 1 is 1.05 bits per heavy atom. The molecule has 0 unspecified atom stereocenters. The molecule has 0 fully saturated rings. The van der Waals surface area contributed by atoms with E-state index in [1.165, 1.54) is 13.4 Å². The number of rotatable bonds is 6. The summed E-state index contributed by atoms with van der Waals surface area (Å²) < 4.78 is 8.55. The Morgan fingerprint density at radius 2 is 1.87 bits per heavy atom. The average molecular weight is 508 g/mol. The fraction of sp³-hybridized carbons (Fsp3) is 0.143. The van der Waals surface area contributed by atoms with Crippen LogP contribution in [0.5, 0.6) is 11.5 Å². The van der Waals surface area contributed by atoms with E-state index in [4.69, 9.17) is 9.84 Å². The SMILES string of the molecule is COc1cccc(-c2c[nH]c3ncnc(N[C@@H](C)c4nn5ccc(C)c5c(=O)n4-c4ccccc4)c23)c1O. The van der Waals surface area contributed by atoms with Gasteiger partial charge in [0.15, 0.2) is 17.3 Å². The highest BCUT2D eigenvalue weighted by Gasteiger charge is 2.22. The molecule has 0 aliphatic carbocycles. The highest BCUT2D eigenvalue weighted by Crippen LogP contribution is 2.41. The van der Waals surface area contributed by atoms with Gasteiger partial charge in [-0.3, -0.25) is 9.36 Å². The molecule has 190 valence electrons. The molecule has 1 atom stereocenters. The van der Waals surface area contributed by atoms with Crippen LogP contribution < -0.4 is 15.6 Å². The standard InChI is InChI=1S/C28H25N7O3/c1-16-12-13-34-23(16)28(37)35(18-8-5-4-6-9-18)27(33-34)17(2)32-26-22-20(14-29-25(22)30-15-31-26)19-10-7-11-21(38-3)24(19)36/h4-15,17,36H,1-3H3,(H2,29,30,31,32)/t17-/m0/s1. The van der Waals surface area contributed by atoms with Crippen LogP contribution in [0, 0.1) is 6.92 Å². The minimum atomic E-state index is -0.435. The lowest BCUT2D eigenvalue weighted by Crippen LogP contribution is -2.29. The van der Waals surface area contributed by atoms with E-state index in [1.807, 2.05) is 56.3 Å². The number of benzene rings is 2. The molecule has 6 aromatic rings. The number of fused-ring (bicyclic) bond motifs is 2. The molecule has 4 aromatic heterocycles. The molecular weight excluding hydrogens is 482 g/mol. The van der Waals surface area contributed by atoms with Crippen LogP contribution >= 0.6 is 0 Å². The normalized spacial score (nSPS) is 12.2. The van der Waals surface area contributed by atoms with Crippen LogP contribution in [-0.2, 0) is 0 Å². The minimum Gasteiger partial charge on any atom is -0.504 e. The van der Waals surface area contributed by atoms with E-state index in [-0.39, 0.29) is 11.3 Å². The molecule has 6 rings (SSSR count). The Labute approximate surface area is 217 Å². The van der Waals surface area contributed by atoms with E-state index in [1.54, 1.807) is 33.6 Å². The maximum atomic E-state index is 13.7. The van der Waals surface area contributed by atoms with Crippen LogP contribution in [0.15, 0.2) is 78.1 Å². The van der Waals surface area contributed by atoms with Crippen molar-refractivity contribution in [1.82, 2.24) is 29.1 Å². The predicted octanol–water partition coefficient (Wildman–Crippen LogP) is 4.62. The Bertz CT molecular complexity index is 1850. The molecule has 10 nitrogen and oxygen atoms in total. The quantitative estimate of drug-likeness (QED) is 0.301. The number of anilines is 1. The first-order valence-corrected chi connectivity index (χ1v) is 12.1. The molecule has 0 saturated heterocycles. The molecule has 38 heavy (non-hydrogen) atoms. The lowest BCUT2D eigenvalue weighted by molar-refractivity contribution is 0.374. The molecule has 0 amide bonds. The summed E-state index contributed by atoms with van der Waals surface area (Å²) in [5.74, 6) is 1.42. The summed E-state index contributed by atoms with van der Waals surface area (Å²) in [5, 5.41) is 19.8. The summed E-state index contributed by atoms with van der Waals surface area (Å²) in [6.45, 7) is 3.82. The lowest BCUT2D eigenvalue weighted by Gasteiger charge is -2.20. The van der Waals surface area contributed by atoms with Gasteiger partial charge < -0.3 is 20.1 Å². The molecule has 4 heterocycles. The van der Waals surface area contributed by atoms with Crippen LogP contribution in [0.3, 0.4) is 0 Å². The highest BCUT2D eigenvalue weighted by molar-refractivity contribution is 6.02. The van der Waals surface area contributed by atoms with Gasteiger partial charge in [-0.1, -0.05) is 30.3 Å². The largest absolute Gasteiger partial charge is 0.504 e. The summed E-state index contributed by atoms with van der Waals surface area (Å²) >= 11 is 0. The topological polar surface area (TPSA) is 122 Å². The Morgan fingerprint density at radius 3 is 2.66 bits per heavy atom. The van der Waals surface area contributed by atoms with E-state index < -0.39 is 6.04 Å². The molecular formula is C28H25N7O3. The van der Waals surface area contributed by atoms with Crippen molar-refractivity contribution in [2.75, 3.05) is 12.4 Å². The van der Waals surface area contributed by atoms with Crippen molar-refractivity contribution in [2.24, 2.45) is 0 Å². The summed E-state index contributed by atoms with van der Waals surface area (Å²) in [4.78, 5) is 25.7. The van der Waals surface area contributed by atoms with Crippen LogP contribution in [0.25, 0.3) is 33.4 Å². The molecule has 0 spiro atoms. The molecule has 3 N–H and O–H groups in total. The smallest absolute Gasteiger partial charge is 0.282 e. The molecule has 0 saturated carbocycles. The summed E-state index contributed by atoms with van der Waals surface area (Å²) in [6, 6.07) is 16.2. The summed E-state index contributed by atoms with van der Waals surface area (Å²) in [6.07, 6.45) is 5.02. The number of phenolic OH excluding ortho intramolecular Hbond substituents is 1. The molecule has 10 heteroatoms. The number of aryl methyl sites for hydroxylation is 1. The first kappa shape index (κ1) is 23.3. The van der Waals surface area contributed by atoms with Crippen molar-refractivity contribution in [3.05, 3.63) is 95.1 Å². The van der Waals surface area contributed by atoms with Gasteiger partial charge in [0, 0.05) is 23.5 Å². The number of ether oxygens (including phenoxy) is 1. The minimum absolute atomic E-state index is 0.0202. The zero-order valence-electron chi connectivity index (χ0n) is 21.0. The van der Waals surface area contributed by atoms with Crippen molar-refractivity contribution in [2.45, 2.75) is 19.9 Å². The molecule has 0 aliphatic heterocycles. The van der Waals surface area contributed by atoms with Crippen LogP contribution in [-0.4, -0.2) is 41.3 Å². The van der Waals surface area contributed by atoms with Crippen molar-refractivity contribution in [3.8, 4) is 28.3 Å². The van der Waals surface area contributed by atoms with Crippen molar-refractivity contribution in [3.63, 3.8) is 0 Å². The predicted molar refractivity (Wildman–Crippen MR) is 145 cm³/mol. The number of hydrogen-bond donors (Lipinski definition) is 3. The third kappa shape index (κ3) is 3.65. The fourth-order valence-electron chi connectivity index (χ4n) is 4.80. The van der Waals surface area contributed by atoms with Crippen molar-refractivity contribution < 1.29 is 9.84 Å². The molecule has 2 aromatic carbocycles. The second-order valence-electron chi connectivity index (χ2n) is 9.00. The van der Waals surface area contributed by atoms with Gasteiger partial charge in [0.05, 0.1) is 24.2 Å². The number of methoxy groups -OCH3 is 1. The summed E-state index contributed by atoms with van der Waals surface area (Å²) in [5.41, 5.74) is 3.81. The van der Waals surface area contributed by atoms with E-state index in [0.29, 0.717) is 50.8 Å². The maximum absolute atomic E-state index is 13.7. The van der Waals surface area contributed by atoms with E-state index in [9.17, 15) is 9.90 Å². The lowest BCUT2D eigenvalue weighted by atomic mass is 10.0. The monoisotopic (exact) mass is 507 g/mol. The molecule has 0 aliphatic rings. The number of aromatic nitrogens is 6. The molecule has 0 radical (unpaired) electrons. The average Bonchev–Trinajstić information content (AvgIpc) is 3.53. The van der Waals surface area contributed by atoms with Crippen LogP contribution in [0.1, 0.15) is 24.4 Å². The zero-order valence-corrected chi connectivity index (χ0v) is 21.0. The van der Waals surface area contributed by atoms with E-state index in [2.05, 4.69) is 20.3 Å². The second kappa shape index (κ2) is 9.07. The van der Waals surface area contributed by atoms with Gasteiger partial charge >= 0.3 is 0 Å². The third-order valence-corrected chi connectivity index (χ3v) is 6.65. The number of nitrogens with zero attached hydrogens (tertiary/aromatic N) is 5. The number of H-pyrrole nitrogens is 1. The number of aromatic hydroxyl groups is 1. The number of nitrogens with one attached hydrogen (secondary N) is 2. The zero-order chi connectivity index (χ0) is 26.4. The van der Waals surface area contributed by atoms with Gasteiger partial charge in [0.25, 0.3) is 5.56 Å². The van der Waals surface area contributed by atoms with Crippen molar-refractivity contribution >= 4 is 22.4 Å². The first-order valence-electron chi connectivity index (χ1n) is 12.1. The van der Waals surface area contributed by atoms with Gasteiger partial charge in [0.1, 0.15) is 23.3 Å². The second-order valence-corrected chi connectivity index (χ2v) is 9.00. The Balaban J connectivity index is 1.50. The van der Waals surface area contributed by atoms with Gasteiger partial charge in [-0.15, -0.1) is 0 Å². The third-order valence-electron chi connectivity index (χ3n) is 6.65.